The van der Waals surface area contributed by atoms with Crippen LogP contribution in [0.2, 0.25) is 0 Å². The summed E-state index contributed by atoms with van der Waals surface area (Å²) in [5.74, 6) is 0.524. The highest BCUT2D eigenvalue weighted by molar-refractivity contribution is 6.40. The van der Waals surface area contributed by atoms with Crippen LogP contribution in [0.1, 0.15) is 65.9 Å². The van der Waals surface area contributed by atoms with Gasteiger partial charge in [0.2, 0.25) is 0 Å². The van der Waals surface area contributed by atoms with Gasteiger partial charge < -0.3 is 19.7 Å². The maximum absolute atomic E-state index is 14.1. The molecule has 0 saturated carbocycles. The van der Waals surface area contributed by atoms with Gasteiger partial charge in [0.05, 0.1) is 37.2 Å². The van der Waals surface area contributed by atoms with Crippen molar-refractivity contribution in [3.8, 4) is 11.5 Å². The molecule has 0 spiro atoms. The largest absolute Gasteiger partial charge is 0.497 e. The molecule has 1 aliphatic heterocycles. The van der Waals surface area contributed by atoms with Gasteiger partial charge in [0.15, 0.2) is 17.3 Å². The molecule has 3 aromatic rings. The van der Waals surface area contributed by atoms with E-state index in [2.05, 4.69) is 19.2 Å². The van der Waals surface area contributed by atoms with Crippen LogP contribution in [0.4, 0.5) is 11.4 Å². The zero-order valence-electron chi connectivity index (χ0n) is 23.8. The van der Waals surface area contributed by atoms with Crippen molar-refractivity contribution in [2.45, 2.75) is 39.7 Å². The van der Waals surface area contributed by atoms with E-state index in [0.29, 0.717) is 46.7 Å². The number of anilines is 2. The molecule has 0 unspecified atom stereocenters. The molecule has 0 radical (unpaired) electrons. The van der Waals surface area contributed by atoms with Crippen LogP contribution < -0.4 is 19.7 Å². The first kappa shape index (κ1) is 26.6. The minimum Gasteiger partial charge on any atom is -0.497 e. The summed E-state index contributed by atoms with van der Waals surface area (Å²) in [6, 6.07) is 19.5. The van der Waals surface area contributed by atoms with Gasteiger partial charge in [0, 0.05) is 46.1 Å². The Bertz CT molecular complexity index is 1660. The normalized spacial score (nSPS) is 19.2. The van der Waals surface area contributed by atoms with E-state index in [1.807, 2.05) is 41.3 Å². The van der Waals surface area contributed by atoms with Gasteiger partial charge in [-0.3, -0.25) is 14.4 Å². The molecule has 6 rings (SSSR count). The zero-order valence-corrected chi connectivity index (χ0v) is 23.8. The minimum atomic E-state index is -0.678. The predicted molar refractivity (Wildman–Crippen MR) is 158 cm³/mol. The average molecular weight is 549 g/mol. The maximum atomic E-state index is 14.1. The average Bonchev–Trinajstić information content (AvgIpc) is 3.11. The number of ether oxygens (including phenoxy) is 2. The van der Waals surface area contributed by atoms with Gasteiger partial charge in [-0.1, -0.05) is 50.2 Å². The molecular formula is C34H32N2O5. The van der Waals surface area contributed by atoms with Gasteiger partial charge >= 0.3 is 0 Å². The second-order valence-corrected chi connectivity index (χ2v) is 11.5. The quantitative estimate of drug-likeness (QED) is 0.288. The number of nitrogens with one attached hydrogen (secondary N) is 1. The molecule has 0 fully saturated rings. The number of ketones is 3. The van der Waals surface area contributed by atoms with Gasteiger partial charge in [-0.15, -0.1) is 0 Å². The minimum absolute atomic E-state index is 0.00888. The van der Waals surface area contributed by atoms with Crippen LogP contribution in [0, 0.1) is 5.41 Å². The molecule has 1 atom stereocenters. The van der Waals surface area contributed by atoms with E-state index in [-0.39, 0.29) is 28.3 Å². The van der Waals surface area contributed by atoms with Crippen molar-refractivity contribution >= 4 is 28.7 Å². The summed E-state index contributed by atoms with van der Waals surface area (Å²) in [5.41, 5.74) is 4.80. The molecular weight excluding hydrogens is 516 g/mol. The van der Waals surface area contributed by atoms with Crippen LogP contribution in [-0.2, 0) is 4.79 Å². The summed E-state index contributed by atoms with van der Waals surface area (Å²) in [5, 5.41) is 3.58. The fraction of sp³-hybridized carbons (Fsp3) is 0.265. The summed E-state index contributed by atoms with van der Waals surface area (Å²) in [6.45, 7) is 5.97. The Morgan fingerprint density at radius 1 is 0.878 bits per heavy atom. The Balaban J connectivity index is 1.68. The first-order valence-corrected chi connectivity index (χ1v) is 13.7. The molecule has 41 heavy (non-hydrogen) atoms. The SMILES string of the molecule is COc1ccc([C@@H]2C3=C(CC(C)(C)CC3=O)Nc3ccccc3N2C(C)=C2C(=O)c3ccccc3C2=O)c(OC)c1. The van der Waals surface area contributed by atoms with Crippen molar-refractivity contribution in [2.24, 2.45) is 5.41 Å². The van der Waals surface area contributed by atoms with E-state index in [1.165, 1.54) is 0 Å². The highest BCUT2D eigenvalue weighted by Crippen LogP contribution is 2.52. The van der Waals surface area contributed by atoms with E-state index >= 15 is 0 Å². The van der Waals surface area contributed by atoms with E-state index in [0.717, 1.165) is 22.6 Å². The van der Waals surface area contributed by atoms with Crippen molar-refractivity contribution in [1.29, 1.82) is 0 Å². The molecule has 3 aromatic carbocycles. The van der Waals surface area contributed by atoms with Crippen molar-refractivity contribution < 1.29 is 23.9 Å². The number of benzene rings is 3. The number of carbonyl (C=O) groups excluding carboxylic acids is 3. The molecule has 7 nitrogen and oxygen atoms in total. The summed E-state index contributed by atoms with van der Waals surface area (Å²) < 4.78 is 11.3. The molecule has 0 aromatic heterocycles. The number of Topliss-reactive ketones (excluding diaryl/α,β-unsaturated/α-hetero) is 3. The molecule has 0 bridgehead atoms. The smallest absolute Gasteiger partial charge is 0.199 e. The monoisotopic (exact) mass is 548 g/mol. The lowest BCUT2D eigenvalue weighted by molar-refractivity contribution is -0.118. The number of fused-ring (bicyclic) bond motifs is 2. The lowest BCUT2D eigenvalue weighted by Gasteiger charge is -2.39. The number of methoxy groups -OCH3 is 2. The summed E-state index contributed by atoms with van der Waals surface area (Å²) >= 11 is 0. The highest BCUT2D eigenvalue weighted by Gasteiger charge is 2.45. The Morgan fingerprint density at radius 3 is 2.20 bits per heavy atom. The van der Waals surface area contributed by atoms with Crippen LogP contribution in [0.15, 0.2) is 89.3 Å². The van der Waals surface area contributed by atoms with E-state index in [1.54, 1.807) is 51.5 Å². The topological polar surface area (TPSA) is 84.9 Å². The number of carbonyl (C=O) groups is 3. The van der Waals surface area contributed by atoms with E-state index in [9.17, 15) is 14.4 Å². The van der Waals surface area contributed by atoms with Crippen LogP contribution in [-0.4, -0.2) is 31.6 Å². The predicted octanol–water partition coefficient (Wildman–Crippen LogP) is 6.67. The van der Waals surface area contributed by atoms with Gasteiger partial charge in [-0.2, -0.15) is 0 Å². The molecule has 2 aliphatic carbocycles. The molecule has 0 amide bonds. The highest BCUT2D eigenvalue weighted by atomic mass is 16.5. The summed E-state index contributed by atoms with van der Waals surface area (Å²) in [4.78, 5) is 43.5. The standard InChI is InChI=1S/C34H32N2O5/c1-19(29-32(38)21-10-6-7-11-22(21)33(29)39)36-26-13-9-8-12-24(26)35-25-17-34(2,3)18-27(37)30(25)31(36)23-15-14-20(40-4)16-28(23)41-5/h6-16,31,35H,17-18H2,1-5H3/t31-/m1/s1. The Labute approximate surface area is 239 Å². The summed E-state index contributed by atoms with van der Waals surface area (Å²) in [7, 11) is 3.17. The molecule has 1 N–H and O–H groups in total. The molecule has 208 valence electrons. The lowest BCUT2D eigenvalue weighted by atomic mass is 9.73. The third-order valence-electron chi connectivity index (χ3n) is 8.23. The van der Waals surface area contributed by atoms with Crippen molar-refractivity contribution in [3.05, 3.63) is 106 Å². The van der Waals surface area contributed by atoms with Crippen molar-refractivity contribution in [1.82, 2.24) is 0 Å². The van der Waals surface area contributed by atoms with Gasteiger partial charge in [0.1, 0.15) is 11.5 Å². The molecule has 1 heterocycles. The molecule has 7 heteroatoms. The first-order valence-electron chi connectivity index (χ1n) is 13.7. The number of hydrogen-bond acceptors (Lipinski definition) is 7. The lowest BCUT2D eigenvalue weighted by Crippen LogP contribution is -2.36. The zero-order chi connectivity index (χ0) is 29.1. The van der Waals surface area contributed by atoms with Crippen molar-refractivity contribution in [3.63, 3.8) is 0 Å². The number of rotatable bonds is 4. The van der Waals surface area contributed by atoms with Gasteiger partial charge in [0.25, 0.3) is 0 Å². The van der Waals surface area contributed by atoms with Crippen LogP contribution in [0.25, 0.3) is 0 Å². The first-order chi connectivity index (χ1) is 19.6. The third kappa shape index (κ3) is 4.24. The van der Waals surface area contributed by atoms with Crippen LogP contribution in [0.5, 0.6) is 11.5 Å². The van der Waals surface area contributed by atoms with Gasteiger partial charge in [-0.25, -0.2) is 0 Å². The van der Waals surface area contributed by atoms with E-state index < -0.39 is 6.04 Å². The Morgan fingerprint density at radius 2 is 1.54 bits per heavy atom. The third-order valence-corrected chi connectivity index (χ3v) is 8.23. The Kier molecular flexibility index (Phi) is 6.33. The second-order valence-electron chi connectivity index (χ2n) is 11.5. The maximum Gasteiger partial charge on any atom is 0.199 e. The molecule has 3 aliphatic rings. The number of para-hydroxylation sites is 2. The van der Waals surface area contributed by atoms with Crippen LogP contribution in [0.3, 0.4) is 0 Å². The van der Waals surface area contributed by atoms with E-state index in [4.69, 9.17) is 9.47 Å². The summed E-state index contributed by atoms with van der Waals surface area (Å²) in [6.07, 6.45) is 1.02. The fourth-order valence-corrected chi connectivity index (χ4v) is 6.40. The second kappa shape index (κ2) is 9.77. The number of nitrogens with zero attached hydrogens (tertiary/aromatic N) is 1. The van der Waals surface area contributed by atoms with Crippen LogP contribution >= 0.6 is 0 Å². The fourth-order valence-electron chi connectivity index (χ4n) is 6.40. The molecule has 0 saturated heterocycles. The number of hydrogen-bond donors (Lipinski definition) is 1. The Hall–Kier alpha value is -4.65. The van der Waals surface area contributed by atoms with Gasteiger partial charge in [-0.05, 0) is 43.0 Å². The van der Waals surface area contributed by atoms with Crippen molar-refractivity contribution in [2.75, 3.05) is 24.4 Å². The number of allylic oxidation sites excluding steroid dienone is 3.